The van der Waals surface area contributed by atoms with Gasteiger partial charge in [0.2, 0.25) is 0 Å². The number of hydrogen-bond acceptors (Lipinski definition) is 6. The molecule has 0 bridgehead atoms. The van der Waals surface area contributed by atoms with Crippen molar-refractivity contribution in [3.63, 3.8) is 0 Å². The summed E-state index contributed by atoms with van der Waals surface area (Å²) in [5.41, 5.74) is 0.863. The van der Waals surface area contributed by atoms with Crippen LogP contribution in [-0.2, 0) is 25.4 Å². The van der Waals surface area contributed by atoms with Crippen molar-refractivity contribution in [2.75, 3.05) is 39.5 Å². The van der Waals surface area contributed by atoms with Crippen LogP contribution in [0.15, 0.2) is 24.3 Å². The van der Waals surface area contributed by atoms with Crippen LogP contribution in [0.2, 0.25) is 0 Å². The number of benzene rings is 1. The van der Waals surface area contributed by atoms with Crippen molar-refractivity contribution < 1.29 is 33.6 Å². The molecule has 0 aliphatic rings. The lowest BCUT2D eigenvalue weighted by Gasteiger charge is -2.22. The van der Waals surface area contributed by atoms with E-state index in [1.165, 1.54) is 0 Å². The number of rotatable bonds is 17. The summed E-state index contributed by atoms with van der Waals surface area (Å²) < 4.78 is 21.9. The van der Waals surface area contributed by atoms with Crippen LogP contribution in [0.3, 0.4) is 0 Å². The highest BCUT2D eigenvalue weighted by Gasteiger charge is 2.20. The number of ether oxygens (including phenoxy) is 4. The Bertz CT molecular complexity index is 648. The van der Waals surface area contributed by atoms with E-state index in [9.17, 15) is 14.7 Å². The molecule has 0 saturated carbocycles. The molecule has 32 heavy (non-hydrogen) atoms. The van der Waals surface area contributed by atoms with Crippen molar-refractivity contribution in [3.8, 4) is 5.75 Å². The summed E-state index contributed by atoms with van der Waals surface area (Å²) in [5, 5.41) is 9.30. The van der Waals surface area contributed by atoms with Crippen LogP contribution >= 0.6 is 0 Å². The second kappa shape index (κ2) is 16.3. The number of amides is 1. The third-order valence-corrected chi connectivity index (χ3v) is 4.57. The first-order chi connectivity index (χ1) is 15.4. The molecule has 1 aromatic rings. The summed E-state index contributed by atoms with van der Waals surface area (Å²) in [6.07, 6.45) is 1.66. The molecule has 0 spiro atoms. The van der Waals surface area contributed by atoms with E-state index in [4.69, 9.17) is 18.9 Å². The van der Waals surface area contributed by atoms with E-state index in [0.717, 1.165) is 18.4 Å². The molecular weight excluding hydrogens is 414 g/mol. The molecule has 0 aliphatic carbocycles. The van der Waals surface area contributed by atoms with Crippen molar-refractivity contribution in [3.05, 3.63) is 29.8 Å². The normalized spacial score (nSPS) is 11.9. The Labute approximate surface area is 191 Å². The Kier molecular flexibility index (Phi) is 14.1. The average Bonchev–Trinajstić information content (AvgIpc) is 2.75. The van der Waals surface area contributed by atoms with E-state index in [1.807, 2.05) is 38.1 Å². The molecule has 1 N–H and O–H groups in total. The maximum Gasteiger partial charge on any atom is 0.409 e. The van der Waals surface area contributed by atoms with Gasteiger partial charge in [-0.05, 0) is 51.3 Å². The van der Waals surface area contributed by atoms with Crippen molar-refractivity contribution in [1.82, 2.24) is 4.90 Å². The van der Waals surface area contributed by atoms with Gasteiger partial charge in [-0.1, -0.05) is 25.5 Å². The van der Waals surface area contributed by atoms with Gasteiger partial charge in [-0.15, -0.1) is 0 Å². The SMILES string of the molecule is CCCCOCCN(CCCOc1ccc(CC(OC(C)C)C(=O)O)cc1)C(=O)OCC. The molecule has 1 amide bonds. The predicted molar refractivity (Wildman–Crippen MR) is 122 cm³/mol. The first-order valence-electron chi connectivity index (χ1n) is 11.5. The summed E-state index contributed by atoms with van der Waals surface area (Å²) in [6, 6.07) is 7.31. The Morgan fingerprint density at radius 3 is 2.31 bits per heavy atom. The summed E-state index contributed by atoms with van der Waals surface area (Å²) in [4.78, 5) is 25.1. The van der Waals surface area contributed by atoms with Gasteiger partial charge in [0, 0.05) is 26.1 Å². The Balaban J connectivity index is 2.44. The van der Waals surface area contributed by atoms with Gasteiger partial charge >= 0.3 is 12.1 Å². The van der Waals surface area contributed by atoms with Crippen molar-refractivity contribution in [1.29, 1.82) is 0 Å². The number of unbranched alkanes of at least 4 members (excludes halogenated alkanes) is 1. The van der Waals surface area contributed by atoms with Gasteiger partial charge in [0.1, 0.15) is 5.75 Å². The van der Waals surface area contributed by atoms with Crippen molar-refractivity contribution >= 4 is 12.1 Å². The molecule has 1 aromatic carbocycles. The minimum absolute atomic E-state index is 0.157. The molecule has 8 heteroatoms. The van der Waals surface area contributed by atoms with Gasteiger partial charge in [0.25, 0.3) is 0 Å². The van der Waals surface area contributed by atoms with Crippen LogP contribution in [0.5, 0.6) is 5.75 Å². The molecule has 0 heterocycles. The quantitative estimate of drug-likeness (QED) is 0.354. The number of carbonyl (C=O) groups excluding carboxylic acids is 1. The van der Waals surface area contributed by atoms with E-state index in [-0.39, 0.29) is 12.2 Å². The topological polar surface area (TPSA) is 94.5 Å². The third kappa shape index (κ3) is 11.9. The molecule has 1 rings (SSSR count). The average molecular weight is 454 g/mol. The molecule has 1 unspecified atom stereocenters. The Morgan fingerprint density at radius 2 is 1.72 bits per heavy atom. The summed E-state index contributed by atoms with van der Waals surface area (Å²) in [6.45, 7) is 10.5. The van der Waals surface area contributed by atoms with Crippen molar-refractivity contribution in [2.24, 2.45) is 0 Å². The molecule has 8 nitrogen and oxygen atoms in total. The fourth-order valence-electron chi connectivity index (χ4n) is 2.94. The Morgan fingerprint density at radius 1 is 1.00 bits per heavy atom. The minimum Gasteiger partial charge on any atom is -0.494 e. The number of aliphatic carboxylic acids is 1. The standard InChI is InChI=1S/C24H39NO7/c1-5-7-15-29-17-14-25(24(28)30-6-2)13-8-16-31-21-11-9-20(10-12-21)18-22(23(26)27)32-19(3)4/h9-12,19,22H,5-8,13-18H2,1-4H3,(H,26,27). The highest BCUT2D eigenvalue weighted by atomic mass is 16.6. The smallest absolute Gasteiger partial charge is 0.409 e. The summed E-state index contributed by atoms with van der Waals surface area (Å²) in [5.74, 6) is -0.281. The lowest BCUT2D eigenvalue weighted by molar-refractivity contribution is -0.153. The first kappa shape index (κ1) is 27.7. The Hall–Kier alpha value is -2.32. The first-order valence-corrected chi connectivity index (χ1v) is 11.5. The van der Waals surface area contributed by atoms with Gasteiger partial charge in [-0.25, -0.2) is 9.59 Å². The molecule has 0 radical (unpaired) electrons. The van der Waals surface area contributed by atoms with Crippen LogP contribution < -0.4 is 4.74 Å². The largest absolute Gasteiger partial charge is 0.494 e. The van der Waals surface area contributed by atoms with Crippen LogP contribution in [0.1, 0.15) is 52.5 Å². The zero-order chi connectivity index (χ0) is 23.8. The second-order valence-electron chi connectivity index (χ2n) is 7.71. The predicted octanol–water partition coefficient (Wildman–Crippen LogP) is 4.15. The van der Waals surface area contributed by atoms with Gasteiger partial charge < -0.3 is 29.0 Å². The molecular formula is C24H39NO7. The van der Waals surface area contributed by atoms with E-state index < -0.39 is 12.1 Å². The number of nitrogens with zero attached hydrogens (tertiary/aromatic N) is 1. The van der Waals surface area contributed by atoms with Crippen molar-refractivity contribution in [2.45, 2.75) is 65.6 Å². The highest BCUT2D eigenvalue weighted by molar-refractivity contribution is 5.72. The van der Waals surface area contributed by atoms with Gasteiger partial charge in [0.15, 0.2) is 6.10 Å². The monoisotopic (exact) mass is 453 g/mol. The zero-order valence-electron chi connectivity index (χ0n) is 19.9. The number of carbonyl (C=O) groups is 2. The molecule has 182 valence electrons. The molecule has 0 saturated heterocycles. The highest BCUT2D eigenvalue weighted by Crippen LogP contribution is 2.15. The number of hydrogen-bond donors (Lipinski definition) is 1. The zero-order valence-corrected chi connectivity index (χ0v) is 19.9. The maximum absolute atomic E-state index is 12.1. The second-order valence-corrected chi connectivity index (χ2v) is 7.71. The van der Waals surface area contributed by atoms with Gasteiger partial charge in [-0.3, -0.25) is 0 Å². The molecule has 0 aromatic heterocycles. The fraction of sp³-hybridized carbons (Fsp3) is 0.667. The van der Waals surface area contributed by atoms with E-state index in [0.29, 0.717) is 58.1 Å². The molecule has 0 aliphatic heterocycles. The summed E-state index contributed by atoms with van der Waals surface area (Å²) in [7, 11) is 0. The lowest BCUT2D eigenvalue weighted by atomic mass is 10.1. The van der Waals surface area contributed by atoms with E-state index in [2.05, 4.69) is 6.92 Å². The van der Waals surface area contributed by atoms with E-state index in [1.54, 1.807) is 11.8 Å². The van der Waals surface area contributed by atoms with Crippen LogP contribution in [-0.4, -0.2) is 73.8 Å². The van der Waals surface area contributed by atoms with Crippen LogP contribution in [0.25, 0.3) is 0 Å². The maximum atomic E-state index is 12.1. The van der Waals surface area contributed by atoms with Gasteiger partial charge in [0.05, 0.1) is 25.9 Å². The van der Waals surface area contributed by atoms with E-state index >= 15 is 0 Å². The minimum atomic E-state index is -0.971. The van der Waals surface area contributed by atoms with Gasteiger partial charge in [-0.2, -0.15) is 0 Å². The van der Waals surface area contributed by atoms with Crippen LogP contribution in [0, 0.1) is 0 Å². The number of carboxylic acids is 1. The summed E-state index contributed by atoms with van der Waals surface area (Å²) >= 11 is 0. The molecule has 0 fully saturated rings. The molecule has 1 atom stereocenters. The third-order valence-electron chi connectivity index (χ3n) is 4.57. The lowest BCUT2D eigenvalue weighted by Crippen LogP contribution is -2.36. The van der Waals surface area contributed by atoms with Crippen LogP contribution in [0.4, 0.5) is 4.79 Å². The number of carboxylic acid groups (broad SMARTS) is 1. The fourth-order valence-corrected chi connectivity index (χ4v) is 2.94.